The van der Waals surface area contributed by atoms with Crippen molar-refractivity contribution in [2.24, 2.45) is 5.10 Å². The fourth-order valence-corrected chi connectivity index (χ4v) is 4.87. The molecule has 32 heavy (non-hydrogen) atoms. The van der Waals surface area contributed by atoms with E-state index in [-0.39, 0.29) is 29.7 Å². The van der Waals surface area contributed by atoms with Crippen LogP contribution in [0.2, 0.25) is 5.02 Å². The molecule has 0 saturated carbocycles. The topological polar surface area (TPSA) is 72.0 Å². The zero-order chi connectivity index (χ0) is 22.2. The Morgan fingerprint density at radius 3 is 2.81 bits per heavy atom. The van der Waals surface area contributed by atoms with Crippen LogP contribution in [-0.2, 0) is 4.79 Å². The highest BCUT2D eigenvalue weighted by atomic mass is 35.5. The van der Waals surface area contributed by atoms with Crippen molar-refractivity contribution in [3.63, 3.8) is 0 Å². The van der Waals surface area contributed by atoms with Crippen molar-refractivity contribution in [3.8, 4) is 0 Å². The van der Waals surface area contributed by atoms with Gasteiger partial charge in [0.1, 0.15) is 17.8 Å². The molecule has 3 aliphatic heterocycles. The van der Waals surface area contributed by atoms with Gasteiger partial charge < -0.3 is 15.2 Å². The van der Waals surface area contributed by atoms with Crippen LogP contribution >= 0.6 is 23.4 Å². The van der Waals surface area contributed by atoms with Crippen molar-refractivity contribution in [1.82, 2.24) is 20.8 Å². The normalized spacial score (nSPS) is 23.5. The zero-order valence-electron chi connectivity index (χ0n) is 16.6. The van der Waals surface area contributed by atoms with Gasteiger partial charge in [-0.3, -0.25) is 10.2 Å². The van der Waals surface area contributed by atoms with Gasteiger partial charge in [0.25, 0.3) is 0 Å². The number of anilines is 1. The molecule has 166 valence electrons. The maximum Gasteiger partial charge on any atom is 0.234 e. The predicted octanol–water partition coefficient (Wildman–Crippen LogP) is 3.60. The molecule has 0 aliphatic carbocycles. The summed E-state index contributed by atoms with van der Waals surface area (Å²) in [4.78, 5) is 14.2. The van der Waals surface area contributed by atoms with Crippen molar-refractivity contribution in [2.75, 3.05) is 11.1 Å². The van der Waals surface area contributed by atoms with Crippen LogP contribution in [0, 0.1) is 11.6 Å². The SMILES string of the molecule is O=C(CSC1=NNC2C3CC(c4ccc(Cl)cc4)NN3C=CN12)Nc1ccc(F)cc1F. The van der Waals surface area contributed by atoms with Gasteiger partial charge in [-0.2, -0.15) is 5.10 Å². The molecule has 3 N–H and O–H groups in total. The molecule has 1 amide bonds. The highest BCUT2D eigenvalue weighted by Crippen LogP contribution is 2.35. The van der Waals surface area contributed by atoms with Gasteiger partial charge in [0.2, 0.25) is 5.91 Å². The minimum absolute atomic E-state index is 0.0361. The smallest absolute Gasteiger partial charge is 0.234 e. The Labute approximate surface area is 192 Å². The molecule has 1 fully saturated rings. The van der Waals surface area contributed by atoms with Gasteiger partial charge in [0, 0.05) is 23.5 Å². The Balaban J connectivity index is 1.18. The van der Waals surface area contributed by atoms with Crippen LogP contribution in [0.1, 0.15) is 18.0 Å². The summed E-state index contributed by atoms with van der Waals surface area (Å²) in [5.74, 6) is -1.88. The lowest BCUT2D eigenvalue weighted by Gasteiger charge is -2.36. The maximum absolute atomic E-state index is 13.7. The largest absolute Gasteiger partial charge is 0.323 e. The fraction of sp³-hybridized carbons (Fsp3) is 0.238. The number of amides is 1. The Morgan fingerprint density at radius 2 is 2.03 bits per heavy atom. The summed E-state index contributed by atoms with van der Waals surface area (Å²) in [5, 5.41) is 10.3. The molecule has 0 aromatic heterocycles. The lowest BCUT2D eigenvalue weighted by atomic mass is 10.00. The third-order valence-electron chi connectivity index (χ3n) is 5.51. The molecule has 7 nitrogen and oxygen atoms in total. The second-order valence-electron chi connectivity index (χ2n) is 7.58. The summed E-state index contributed by atoms with van der Waals surface area (Å²) >= 11 is 7.24. The quantitative estimate of drug-likeness (QED) is 0.626. The summed E-state index contributed by atoms with van der Waals surface area (Å²) in [6.07, 6.45) is 4.64. The number of nitrogens with zero attached hydrogens (tertiary/aromatic N) is 3. The number of carbonyl (C=O) groups excluding carboxylic acids is 1. The lowest BCUT2D eigenvalue weighted by Crippen LogP contribution is -2.54. The molecule has 3 aliphatic rings. The molecule has 0 bridgehead atoms. The number of hydrogen-bond donors (Lipinski definition) is 3. The predicted molar refractivity (Wildman–Crippen MR) is 120 cm³/mol. The van der Waals surface area contributed by atoms with Crippen LogP contribution in [0.15, 0.2) is 60.0 Å². The number of benzene rings is 2. The molecular formula is C21H19ClF2N6OS. The number of rotatable bonds is 4. The average Bonchev–Trinajstić information content (AvgIpc) is 3.38. The van der Waals surface area contributed by atoms with E-state index in [4.69, 9.17) is 11.6 Å². The number of thioether (sulfide) groups is 1. The summed E-state index contributed by atoms with van der Waals surface area (Å²) in [6.45, 7) is 0. The first-order valence-corrected chi connectivity index (χ1v) is 11.3. The van der Waals surface area contributed by atoms with Gasteiger partial charge in [0.15, 0.2) is 5.17 Å². The molecular weight excluding hydrogens is 458 g/mol. The molecule has 3 atom stereocenters. The second-order valence-corrected chi connectivity index (χ2v) is 8.96. The summed E-state index contributed by atoms with van der Waals surface area (Å²) in [7, 11) is 0. The molecule has 0 radical (unpaired) electrons. The monoisotopic (exact) mass is 476 g/mol. The highest BCUT2D eigenvalue weighted by molar-refractivity contribution is 8.14. The minimum Gasteiger partial charge on any atom is -0.323 e. The van der Waals surface area contributed by atoms with Crippen molar-refractivity contribution in [3.05, 3.63) is 77.1 Å². The van der Waals surface area contributed by atoms with Crippen LogP contribution in [0.5, 0.6) is 0 Å². The number of hydrogen-bond acceptors (Lipinski definition) is 7. The first-order chi connectivity index (χ1) is 15.5. The molecule has 2 aromatic rings. The first kappa shape index (κ1) is 21.0. The molecule has 5 rings (SSSR count). The molecule has 3 unspecified atom stereocenters. The second kappa shape index (κ2) is 8.61. The van der Waals surface area contributed by atoms with Gasteiger partial charge in [-0.1, -0.05) is 35.5 Å². The van der Waals surface area contributed by atoms with Gasteiger partial charge in [-0.25, -0.2) is 14.2 Å². The van der Waals surface area contributed by atoms with Crippen molar-refractivity contribution in [2.45, 2.75) is 24.7 Å². The van der Waals surface area contributed by atoms with E-state index in [9.17, 15) is 13.6 Å². The Bertz CT molecular complexity index is 1100. The summed E-state index contributed by atoms with van der Waals surface area (Å²) in [6, 6.07) is 11.1. The highest BCUT2D eigenvalue weighted by Gasteiger charge is 2.44. The van der Waals surface area contributed by atoms with Gasteiger partial charge >= 0.3 is 0 Å². The number of hydrazine groups is 1. The van der Waals surface area contributed by atoms with Crippen LogP contribution < -0.4 is 16.2 Å². The van der Waals surface area contributed by atoms with Crippen LogP contribution in [0.4, 0.5) is 14.5 Å². The van der Waals surface area contributed by atoms with Gasteiger partial charge in [0.05, 0.1) is 23.5 Å². The van der Waals surface area contributed by atoms with Gasteiger partial charge in [-0.15, -0.1) is 0 Å². The molecule has 1 saturated heterocycles. The lowest BCUT2D eigenvalue weighted by molar-refractivity contribution is -0.113. The number of halogens is 3. The number of hydrazone groups is 1. The summed E-state index contributed by atoms with van der Waals surface area (Å²) in [5.41, 5.74) is 7.75. The minimum atomic E-state index is -0.814. The number of carbonyl (C=O) groups is 1. The molecule has 2 aromatic carbocycles. The molecule has 0 spiro atoms. The standard InChI is InChI=1S/C21H19ClF2N6OS/c22-13-3-1-12(2-4-13)17-10-18-20-26-27-21(29(20)7-8-30(18)28-17)32-11-19(31)25-16-6-5-14(23)9-15(16)24/h1-9,17-18,20,26,28H,10-11H2,(H,25,31). The third kappa shape index (κ3) is 4.13. The van der Waals surface area contributed by atoms with E-state index in [2.05, 4.69) is 26.3 Å². The first-order valence-electron chi connectivity index (χ1n) is 9.95. The Kier molecular flexibility index (Phi) is 5.66. The summed E-state index contributed by atoms with van der Waals surface area (Å²) < 4.78 is 26.8. The van der Waals surface area contributed by atoms with E-state index < -0.39 is 17.5 Å². The fourth-order valence-electron chi connectivity index (χ4n) is 3.97. The Morgan fingerprint density at radius 1 is 1.22 bits per heavy atom. The van der Waals surface area contributed by atoms with E-state index in [0.717, 1.165) is 24.1 Å². The maximum atomic E-state index is 13.7. The van der Waals surface area contributed by atoms with Crippen molar-refractivity contribution < 1.29 is 13.6 Å². The van der Waals surface area contributed by atoms with Crippen LogP contribution in [-0.4, -0.2) is 38.9 Å². The zero-order valence-corrected chi connectivity index (χ0v) is 18.2. The van der Waals surface area contributed by atoms with E-state index >= 15 is 0 Å². The Hall–Kier alpha value is -2.82. The van der Waals surface area contributed by atoms with E-state index in [1.165, 1.54) is 17.8 Å². The van der Waals surface area contributed by atoms with E-state index in [0.29, 0.717) is 10.2 Å². The number of fused-ring (bicyclic) bond motifs is 3. The number of nitrogens with one attached hydrogen (secondary N) is 3. The molecule has 3 heterocycles. The third-order valence-corrected chi connectivity index (χ3v) is 6.73. The van der Waals surface area contributed by atoms with Crippen molar-refractivity contribution in [1.29, 1.82) is 0 Å². The van der Waals surface area contributed by atoms with Gasteiger partial charge in [-0.05, 0) is 36.2 Å². The molecule has 11 heteroatoms. The number of amidine groups is 1. The van der Waals surface area contributed by atoms with Crippen LogP contribution in [0.3, 0.4) is 0 Å². The average molecular weight is 477 g/mol. The van der Waals surface area contributed by atoms with Crippen molar-refractivity contribution >= 4 is 40.1 Å². The van der Waals surface area contributed by atoms with Crippen LogP contribution in [0.25, 0.3) is 0 Å². The van der Waals surface area contributed by atoms with E-state index in [1.807, 2.05) is 41.6 Å². The van der Waals surface area contributed by atoms with E-state index in [1.54, 1.807) is 0 Å².